The number of aromatic nitrogens is 1. The van der Waals surface area contributed by atoms with Gasteiger partial charge in [-0.1, -0.05) is 41.9 Å². The topological polar surface area (TPSA) is 132 Å². The Morgan fingerprint density at radius 2 is 1.80 bits per heavy atom. The Hall–Kier alpha value is -4.30. The van der Waals surface area contributed by atoms with Crippen molar-refractivity contribution < 1.29 is 24.6 Å². The van der Waals surface area contributed by atoms with Crippen molar-refractivity contribution >= 4 is 46.0 Å². The Balaban J connectivity index is 1.42. The average Bonchev–Trinajstić information content (AvgIpc) is 3.21. The first-order valence-corrected chi connectivity index (χ1v) is 11.1. The number of phenolic OH excluding ortho intramolecular Hbond substituents is 1. The summed E-state index contributed by atoms with van der Waals surface area (Å²) < 4.78 is 0. The highest BCUT2D eigenvalue weighted by Gasteiger charge is 2.23. The van der Waals surface area contributed by atoms with Gasteiger partial charge in [-0.15, -0.1) is 0 Å². The lowest BCUT2D eigenvalue weighted by Gasteiger charge is -2.15. The lowest BCUT2D eigenvalue weighted by Crippen LogP contribution is -2.42. The Kier molecular flexibility index (Phi) is 7.03. The Bertz CT molecular complexity index is 1420. The average molecular weight is 492 g/mol. The van der Waals surface area contributed by atoms with Gasteiger partial charge < -0.3 is 25.8 Å². The minimum Gasteiger partial charge on any atom is -0.508 e. The maximum Gasteiger partial charge on any atom is 0.326 e. The van der Waals surface area contributed by atoms with Crippen LogP contribution in [0.1, 0.15) is 21.5 Å². The fourth-order valence-corrected chi connectivity index (χ4v) is 4.06. The number of carbonyl (C=O) groups is 3. The number of carbonyl (C=O) groups excluding carboxylic acids is 2. The molecule has 1 aromatic heterocycles. The number of halogens is 1. The first kappa shape index (κ1) is 23.8. The predicted molar refractivity (Wildman–Crippen MR) is 133 cm³/mol. The minimum absolute atomic E-state index is 0.0440. The number of aromatic hydroxyl groups is 1. The molecule has 5 N–H and O–H groups in total. The van der Waals surface area contributed by atoms with Crippen LogP contribution < -0.4 is 10.6 Å². The van der Waals surface area contributed by atoms with E-state index in [9.17, 15) is 24.6 Å². The van der Waals surface area contributed by atoms with Crippen LogP contribution in [0.3, 0.4) is 0 Å². The molecule has 0 aliphatic heterocycles. The van der Waals surface area contributed by atoms with Gasteiger partial charge in [0.1, 0.15) is 11.8 Å². The molecule has 9 heteroatoms. The molecule has 1 atom stereocenters. The van der Waals surface area contributed by atoms with Crippen molar-refractivity contribution in [2.75, 3.05) is 5.32 Å². The second kappa shape index (κ2) is 10.3. The third kappa shape index (κ3) is 5.80. The van der Waals surface area contributed by atoms with Crippen LogP contribution >= 0.6 is 11.6 Å². The summed E-state index contributed by atoms with van der Waals surface area (Å²) >= 11 is 6.27. The second-order valence-corrected chi connectivity index (χ2v) is 8.42. The van der Waals surface area contributed by atoms with E-state index in [1.54, 1.807) is 18.3 Å². The lowest BCUT2D eigenvalue weighted by atomic mass is 10.0. The van der Waals surface area contributed by atoms with Gasteiger partial charge in [0.15, 0.2) is 0 Å². The third-order valence-electron chi connectivity index (χ3n) is 5.48. The molecule has 0 bridgehead atoms. The number of fused-ring (bicyclic) bond motifs is 1. The van der Waals surface area contributed by atoms with Crippen LogP contribution in [0.15, 0.2) is 72.9 Å². The number of H-pyrrole nitrogens is 1. The summed E-state index contributed by atoms with van der Waals surface area (Å²) in [6, 6.07) is 17.1. The van der Waals surface area contributed by atoms with E-state index < -0.39 is 17.9 Å². The van der Waals surface area contributed by atoms with Gasteiger partial charge in [0.05, 0.1) is 17.0 Å². The number of carboxylic acid groups (broad SMARTS) is 1. The van der Waals surface area contributed by atoms with E-state index in [2.05, 4.69) is 15.6 Å². The summed E-state index contributed by atoms with van der Waals surface area (Å²) in [5.41, 5.74) is 2.75. The molecule has 0 radical (unpaired) electrons. The molecule has 0 aliphatic carbocycles. The molecule has 4 aromatic rings. The second-order valence-electron chi connectivity index (χ2n) is 8.02. The molecule has 2 amide bonds. The first-order chi connectivity index (χ1) is 16.8. The molecular formula is C26H22ClN3O5. The van der Waals surface area contributed by atoms with Crippen molar-refractivity contribution in [2.45, 2.75) is 18.9 Å². The molecule has 0 aliphatic rings. The van der Waals surface area contributed by atoms with Crippen LogP contribution in [0.25, 0.3) is 10.9 Å². The third-order valence-corrected chi connectivity index (χ3v) is 5.79. The summed E-state index contributed by atoms with van der Waals surface area (Å²) in [7, 11) is 0. The molecule has 0 spiro atoms. The number of carboxylic acids is 1. The van der Waals surface area contributed by atoms with E-state index in [1.165, 1.54) is 30.3 Å². The number of rotatable bonds is 8. The van der Waals surface area contributed by atoms with Crippen molar-refractivity contribution in [1.82, 2.24) is 10.3 Å². The summed E-state index contributed by atoms with van der Waals surface area (Å²) in [6.45, 7) is 0. The van der Waals surface area contributed by atoms with E-state index in [0.29, 0.717) is 11.3 Å². The highest BCUT2D eigenvalue weighted by molar-refractivity contribution is 6.34. The fourth-order valence-electron chi connectivity index (χ4n) is 3.79. The molecular weight excluding hydrogens is 470 g/mol. The van der Waals surface area contributed by atoms with E-state index >= 15 is 0 Å². The van der Waals surface area contributed by atoms with Crippen molar-refractivity contribution in [3.05, 3.63) is 94.6 Å². The number of anilines is 1. The van der Waals surface area contributed by atoms with Crippen LogP contribution in [-0.4, -0.2) is 39.0 Å². The van der Waals surface area contributed by atoms with Crippen molar-refractivity contribution in [3.63, 3.8) is 0 Å². The molecule has 0 unspecified atom stereocenters. The van der Waals surface area contributed by atoms with Gasteiger partial charge in [0, 0.05) is 29.2 Å². The van der Waals surface area contributed by atoms with Crippen LogP contribution in [0.5, 0.6) is 5.75 Å². The Morgan fingerprint density at radius 1 is 1.00 bits per heavy atom. The zero-order valence-electron chi connectivity index (χ0n) is 18.4. The molecule has 3 aromatic carbocycles. The molecule has 0 fully saturated rings. The molecule has 0 saturated heterocycles. The number of aliphatic carboxylic acids is 1. The molecule has 0 saturated carbocycles. The zero-order valence-corrected chi connectivity index (χ0v) is 19.2. The summed E-state index contributed by atoms with van der Waals surface area (Å²) in [4.78, 5) is 40.0. The van der Waals surface area contributed by atoms with Crippen LogP contribution in [0.2, 0.25) is 5.02 Å². The maximum absolute atomic E-state index is 12.8. The van der Waals surface area contributed by atoms with E-state index in [0.717, 1.165) is 16.5 Å². The summed E-state index contributed by atoms with van der Waals surface area (Å²) in [6.07, 6.45) is 1.86. The van der Waals surface area contributed by atoms with Crippen molar-refractivity contribution in [2.24, 2.45) is 0 Å². The predicted octanol–water partition coefficient (Wildman–Crippen LogP) is 4.13. The minimum atomic E-state index is -1.17. The zero-order chi connectivity index (χ0) is 24.9. The number of hydrogen-bond donors (Lipinski definition) is 5. The molecule has 1 heterocycles. The number of hydrogen-bond acceptors (Lipinski definition) is 4. The number of phenols is 1. The van der Waals surface area contributed by atoms with Crippen LogP contribution in [0, 0.1) is 0 Å². The normalized spacial score (nSPS) is 11.7. The van der Waals surface area contributed by atoms with Gasteiger partial charge >= 0.3 is 5.97 Å². The Morgan fingerprint density at radius 3 is 2.54 bits per heavy atom. The molecule has 178 valence electrons. The number of nitrogens with one attached hydrogen (secondary N) is 3. The SMILES string of the molecule is O=C(Cc1cccc(O)c1)Nc1ccc(C(=O)N[C@@H](Cc2c[nH]c3ccccc23)C(=O)O)c(Cl)c1. The number of para-hydroxylation sites is 1. The molecule has 8 nitrogen and oxygen atoms in total. The van der Waals surface area contributed by atoms with Gasteiger partial charge in [0.25, 0.3) is 5.91 Å². The van der Waals surface area contributed by atoms with Crippen LogP contribution in [-0.2, 0) is 22.4 Å². The lowest BCUT2D eigenvalue weighted by molar-refractivity contribution is -0.139. The van der Waals surface area contributed by atoms with E-state index in [-0.39, 0.29) is 35.1 Å². The van der Waals surface area contributed by atoms with Crippen molar-refractivity contribution in [1.29, 1.82) is 0 Å². The number of amides is 2. The van der Waals surface area contributed by atoms with Crippen LogP contribution in [0.4, 0.5) is 5.69 Å². The highest BCUT2D eigenvalue weighted by atomic mass is 35.5. The summed E-state index contributed by atoms with van der Waals surface area (Å²) in [5, 5.41) is 25.4. The fraction of sp³-hybridized carbons (Fsp3) is 0.115. The number of benzene rings is 3. The van der Waals surface area contributed by atoms with Gasteiger partial charge in [-0.25, -0.2) is 4.79 Å². The largest absolute Gasteiger partial charge is 0.508 e. The molecule has 4 rings (SSSR count). The summed E-state index contributed by atoms with van der Waals surface area (Å²) in [5.74, 6) is -2.07. The first-order valence-electron chi connectivity index (χ1n) is 10.8. The van der Waals surface area contributed by atoms with Gasteiger partial charge in [0.2, 0.25) is 5.91 Å². The maximum atomic E-state index is 12.8. The monoisotopic (exact) mass is 491 g/mol. The van der Waals surface area contributed by atoms with Gasteiger partial charge in [-0.05, 0) is 47.5 Å². The quantitative estimate of drug-likeness (QED) is 0.253. The smallest absolute Gasteiger partial charge is 0.326 e. The number of aromatic amines is 1. The standard InChI is InChI=1S/C26H22ClN3O5/c27-21-13-17(29-24(32)11-15-4-3-5-18(31)10-15)8-9-20(21)25(33)30-23(26(34)35)12-16-14-28-22-7-2-1-6-19(16)22/h1-10,13-14,23,28,31H,11-12H2,(H,29,32)(H,30,33)(H,34,35)/t23-/m0/s1. The van der Waals surface area contributed by atoms with Gasteiger partial charge in [-0.2, -0.15) is 0 Å². The highest BCUT2D eigenvalue weighted by Crippen LogP contribution is 2.23. The van der Waals surface area contributed by atoms with E-state index in [1.807, 2.05) is 24.3 Å². The van der Waals surface area contributed by atoms with E-state index in [4.69, 9.17) is 11.6 Å². The van der Waals surface area contributed by atoms with Crippen molar-refractivity contribution in [3.8, 4) is 5.75 Å². The van der Waals surface area contributed by atoms with Gasteiger partial charge in [-0.3, -0.25) is 9.59 Å². The molecule has 35 heavy (non-hydrogen) atoms. The Labute approximate surface area is 205 Å².